The van der Waals surface area contributed by atoms with Crippen LogP contribution in [-0.4, -0.2) is 32.9 Å². The normalized spacial score (nSPS) is 11.7. The Morgan fingerprint density at radius 1 is 1.00 bits per heavy atom. The molecule has 1 heterocycles. The number of hydrogen-bond donors (Lipinski definition) is 1. The van der Waals surface area contributed by atoms with E-state index in [1.165, 1.54) is 34.9 Å². The summed E-state index contributed by atoms with van der Waals surface area (Å²) in [5.74, 6) is 0.281. The lowest BCUT2D eigenvalue weighted by atomic mass is 10.2. The Hall–Kier alpha value is -2.16. The number of carbonyl (C=O) groups excluding carboxylic acids is 2. The molecule has 2 aromatic carbocycles. The topological polar surface area (TPSA) is 72.0 Å². The number of ketones is 1. The largest absolute Gasteiger partial charge is 0.325 e. The number of carbonyl (C=O) groups is 2. The number of Topliss-reactive ketones (excluding diaryl/α,β-unsaturated/α-hetero) is 1. The number of anilines is 1. The molecule has 0 saturated heterocycles. The van der Waals surface area contributed by atoms with Crippen LogP contribution >= 0.6 is 34.9 Å². The third-order valence-corrected chi connectivity index (χ3v) is 6.74. The van der Waals surface area contributed by atoms with Crippen LogP contribution in [0.3, 0.4) is 0 Å². The van der Waals surface area contributed by atoms with Gasteiger partial charge in [-0.1, -0.05) is 83.4 Å². The maximum atomic E-state index is 12.3. The molecule has 1 atom stereocenters. The van der Waals surface area contributed by atoms with Gasteiger partial charge in [0.2, 0.25) is 5.91 Å². The molecule has 0 radical (unpaired) electrons. The first-order valence-electron chi connectivity index (χ1n) is 8.19. The quantitative estimate of drug-likeness (QED) is 0.427. The van der Waals surface area contributed by atoms with E-state index in [1.54, 1.807) is 12.1 Å². The van der Waals surface area contributed by atoms with E-state index in [-0.39, 0.29) is 16.9 Å². The van der Waals surface area contributed by atoms with Crippen LogP contribution in [0.4, 0.5) is 5.69 Å². The molecule has 0 saturated carbocycles. The fraction of sp³-hybridized carbons (Fsp3) is 0.158. The second kappa shape index (κ2) is 9.68. The molecule has 1 amide bonds. The minimum Gasteiger partial charge on any atom is -0.325 e. The average molecular weight is 416 g/mol. The summed E-state index contributed by atoms with van der Waals surface area (Å²) < 4.78 is 1.43. The Kier molecular flexibility index (Phi) is 7.03. The molecular formula is C19H17N3O2S3. The van der Waals surface area contributed by atoms with Crippen LogP contribution in [-0.2, 0) is 4.79 Å². The van der Waals surface area contributed by atoms with Crippen LogP contribution in [0.1, 0.15) is 17.3 Å². The number of rotatable bonds is 8. The van der Waals surface area contributed by atoms with Crippen molar-refractivity contribution in [2.45, 2.75) is 20.9 Å². The second-order valence-corrected chi connectivity index (χ2v) is 9.32. The summed E-state index contributed by atoms with van der Waals surface area (Å²) in [5, 5.41) is 10.8. The molecule has 27 heavy (non-hydrogen) atoms. The smallest absolute Gasteiger partial charge is 0.237 e. The van der Waals surface area contributed by atoms with Gasteiger partial charge in [0.15, 0.2) is 14.5 Å². The van der Waals surface area contributed by atoms with Crippen molar-refractivity contribution < 1.29 is 9.59 Å². The number of amides is 1. The lowest BCUT2D eigenvalue weighted by Gasteiger charge is -2.09. The van der Waals surface area contributed by atoms with Crippen molar-refractivity contribution in [3.63, 3.8) is 0 Å². The van der Waals surface area contributed by atoms with Gasteiger partial charge in [0, 0.05) is 11.3 Å². The first-order chi connectivity index (χ1) is 13.1. The SMILES string of the molecule is C[C@@H](Sc1nnc(SCC(=O)c2ccccc2)s1)C(=O)Nc1ccccc1. The molecule has 0 spiro atoms. The Bertz CT molecular complexity index is 901. The fourth-order valence-electron chi connectivity index (χ4n) is 2.11. The molecule has 0 aliphatic rings. The number of para-hydroxylation sites is 1. The number of hydrogen-bond acceptors (Lipinski definition) is 7. The van der Waals surface area contributed by atoms with Crippen LogP contribution in [0.5, 0.6) is 0 Å². The van der Waals surface area contributed by atoms with Gasteiger partial charge >= 0.3 is 0 Å². The summed E-state index contributed by atoms with van der Waals surface area (Å²) in [5.41, 5.74) is 1.46. The lowest BCUT2D eigenvalue weighted by molar-refractivity contribution is -0.115. The van der Waals surface area contributed by atoms with E-state index in [9.17, 15) is 9.59 Å². The first-order valence-corrected chi connectivity index (χ1v) is 10.9. The molecule has 3 aromatic rings. The summed E-state index contributed by atoms with van der Waals surface area (Å²) in [6.07, 6.45) is 0. The van der Waals surface area contributed by atoms with E-state index in [0.29, 0.717) is 15.7 Å². The molecular weight excluding hydrogens is 398 g/mol. The van der Waals surface area contributed by atoms with Crippen molar-refractivity contribution in [3.05, 3.63) is 66.2 Å². The highest BCUT2D eigenvalue weighted by Crippen LogP contribution is 2.31. The number of nitrogens with zero attached hydrogens (tertiary/aromatic N) is 2. The highest BCUT2D eigenvalue weighted by molar-refractivity contribution is 8.04. The molecule has 5 nitrogen and oxygen atoms in total. The van der Waals surface area contributed by atoms with Gasteiger partial charge in [-0.25, -0.2) is 0 Å². The van der Waals surface area contributed by atoms with E-state index in [0.717, 1.165) is 10.0 Å². The molecule has 0 fully saturated rings. The fourth-order valence-corrected chi connectivity index (χ4v) is 5.17. The van der Waals surface area contributed by atoms with Crippen LogP contribution in [0.25, 0.3) is 0 Å². The van der Waals surface area contributed by atoms with Gasteiger partial charge in [0.05, 0.1) is 11.0 Å². The van der Waals surface area contributed by atoms with Crippen molar-refractivity contribution in [3.8, 4) is 0 Å². The molecule has 1 N–H and O–H groups in total. The minimum atomic E-state index is -0.304. The number of aromatic nitrogens is 2. The van der Waals surface area contributed by atoms with Crippen molar-refractivity contribution >= 4 is 52.2 Å². The zero-order valence-electron chi connectivity index (χ0n) is 14.5. The minimum absolute atomic E-state index is 0.0561. The average Bonchev–Trinajstić information content (AvgIpc) is 3.15. The van der Waals surface area contributed by atoms with Crippen molar-refractivity contribution in [2.24, 2.45) is 0 Å². The van der Waals surface area contributed by atoms with Crippen LogP contribution in [0.15, 0.2) is 69.3 Å². The maximum absolute atomic E-state index is 12.3. The van der Waals surface area contributed by atoms with Gasteiger partial charge in [-0.05, 0) is 19.1 Å². The predicted octanol–water partition coefficient (Wildman–Crippen LogP) is 4.63. The third-order valence-electron chi connectivity index (χ3n) is 3.50. The van der Waals surface area contributed by atoms with Gasteiger partial charge in [0.1, 0.15) is 0 Å². The van der Waals surface area contributed by atoms with Crippen LogP contribution in [0.2, 0.25) is 0 Å². The second-order valence-electron chi connectivity index (χ2n) is 5.53. The zero-order chi connectivity index (χ0) is 19.1. The van der Waals surface area contributed by atoms with E-state index in [1.807, 2.05) is 55.5 Å². The van der Waals surface area contributed by atoms with Crippen LogP contribution in [0, 0.1) is 0 Å². The van der Waals surface area contributed by atoms with E-state index >= 15 is 0 Å². The molecule has 0 bridgehead atoms. The standard InChI is InChI=1S/C19H17N3O2S3/c1-13(17(24)20-15-10-6-3-7-11-15)26-19-22-21-18(27-19)25-12-16(23)14-8-4-2-5-9-14/h2-11,13H,12H2,1H3,(H,20,24)/t13-/m1/s1. The van der Waals surface area contributed by atoms with Gasteiger partial charge < -0.3 is 5.32 Å². The predicted molar refractivity (Wildman–Crippen MR) is 112 cm³/mol. The molecule has 8 heteroatoms. The Morgan fingerprint density at radius 3 is 2.33 bits per heavy atom. The first kappa shape index (κ1) is 19.6. The monoisotopic (exact) mass is 415 g/mol. The third kappa shape index (κ3) is 5.92. The van der Waals surface area contributed by atoms with E-state index in [4.69, 9.17) is 0 Å². The Morgan fingerprint density at radius 2 is 1.63 bits per heavy atom. The van der Waals surface area contributed by atoms with Gasteiger partial charge in [-0.2, -0.15) is 0 Å². The summed E-state index contributed by atoms with van der Waals surface area (Å²) in [6.45, 7) is 1.83. The highest BCUT2D eigenvalue weighted by Gasteiger charge is 2.18. The molecule has 1 aromatic heterocycles. The van der Waals surface area contributed by atoms with E-state index < -0.39 is 0 Å². The molecule has 3 rings (SSSR count). The van der Waals surface area contributed by atoms with Crippen LogP contribution < -0.4 is 5.32 Å². The molecule has 138 valence electrons. The summed E-state index contributed by atoms with van der Waals surface area (Å²) >= 11 is 4.11. The Balaban J connectivity index is 1.50. The van der Waals surface area contributed by atoms with Gasteiger partial charge in [0.25, 0.3) is 0 Å². The Labute approximate surface area is 170 Å². The highest BCUT2D eigenvalue weighted by atomic mass is 32.2. The molecule has 0 unspecified atom stereocenters. The number of nitrogens with one attached hydrogen (secondary N) is 1. The summed E-state index contributed by atoms with van der Waals surface area (Å²) in [4.78, 5) is 24.4. The van der Waals surface area contributed by atoms with E-state index in [2.05, 4.69) is 15.5 Å². The summed E-state index contributed by atoms with van der Waals surface area (Å²) in [7, 11) is 0. The van der Waals surface area contributed by atoms with Crippen molar-refractivity contribution in [1.29, 1.82) is 0 Å². The maximum Gasteiger partial charge on any atom is 0.237 e. The summed E-state index contributed by atoms with van der Waals surface area (Å²) in [6, 6.07) is 18.5. The molecule has 0 aliphatic heterocycles. The van der Waals surface area contributed by atoms with Gasteiger partial charge in [-0.3, -0.25) is 9.59 Å². The van der Waals surface area contributed by atoms with Crippen molar-refractivity contribution in [1.82, 2.24) is 10.2 Å². The lowest BCUT2D eigenvalue weighted by Crippen LogP contribution is -2.22. The van der Waals surface area contributed by atoms with Gasteiger partial charge in [-0.15, -0.1) is 10.2 Å². The number of benzene rings is 2. The zero-order valence-corrected chi connectivity index (χ0v) is 16.9. The number of thioether (sulfide) groups is 2. The molecule has 0 aliphatic carbocycles. The van der Waals surface area contributed by atoms with Crippen molar-refractivity contribution in [2.75, 3.05) is 11.1 Å².